The normalized spacial score (nSPS) is 10.2. The van der Waals surface area contributed by atoms with Crippen LogP contribution < -0.4 is 5.32 Å². The number of nitrogens with one attached hydrogen (secondary N) is 1. The van der Waals surface area contributed by atoms with Crippen molar-refractivity contribution >= 4 is 17.6 Å². The van der Waals surface area contributed by atoms with Crippen molar-refractivity contribution in [1.29, 1.82) is 0 Å². The third-order valence-corrected chi connectivity index (χ3v) is 3.53. The molecule has 6 nitrogen and oxygen atoms in total. The summed E-state index contributed by atoms with van der Waals surface area (Å²) >= 11 is 0. The highest BCUT2D eigenvalue weighted by Crippen LogP contribution is 2.22. The third kappa shape index (κ3) is 5.06. The molecule has 0 aromatic heterocycles. The van der Waals surface area contributed by atoms with Gasteiger partial charge in [0.05, 0.1) is 38.6 Å². The van der Waals surface area contributed by atoms with Gasteiger partial charge in [-0.2, -0.15) is 0 Å². The van der Waals surface area contributed by atoms with Gasteiger partial charge in [0, 0.05) is 12.2 Å². The molecule has 0 fully saturated rings. The molecule has 0 bridgehead atoms. The minimum Gasteiger partial charge on any atom is -0.465 e. The van der Waals surface area contributed by atoms with Gasteiger partial charge >= 0.3 is 11.9 Å². The standard InChI is InChI=1S/C19H21NO5/c1-23-18(21)15-9-6-10-16(17(15)19(22)24-2)20-11-12-25-13-14-7-4-3-5-8-14/h3-10,20H,11-13H2,1-2H3. The van der Waals surface area contributed by atoms with E-state index in [-0.39, 0.29) is 11.1 Å². The van der Waals surface area contributed by atoms with Crippen molar-refractivity contribution < 1.29 is 23.8 Å². The lowest BCUT2D eigenvalue weighted by Crippen LogP contribution is -2.17. The van der Waals surface area contributed by atoms with Crippen LogP contribution in [0.5, 0.6) is 0 Å². The van der Waals surface area contributed by atoms with Gasteiger partial charge in [0.1, 0.15) is 0 Å². The highest BCUT2D eigenvalue weighted by atomic mass is 16.5. The first-order chi connectivity index (χ1) is 12.2. The molecule has 0 saturated carbocycles. The number of ether oxygens (including phenoxy) is 3. The van der Waals surface area contributed by atoms with Crippen molar-refractivity contribution in [2.75, 3.05) is 32.7 Å². The van der Waals surface area contributed by atoms with E-state index < -0.39 is 11.9 Å². The average molecular weight is 343 g/mol. The number of methoxy groups -OCH3 is 2. The molecule has 0 aliphatic rings. The van der Waals surface area contributed by atoms with Gasteiger partial charge in [-0.15, -0.1) is 0 Å². The second-order valence-corrected chi connectivity index (χ2v) is 5.18. The van der Waals surface area contributed by atoms with Crippen LogP contribution in [0.15, 0.2) is 48.5 Å². The summed E-state index contributed by atoms with van der Waals surface area (Å²) in [7, 11) is 2.53. The van der Waals surface area contributed by atoms with Crippen molar-refractivity contribution in [3.8, 4) is 0 Å². The van der Waals surface area contributed by atoms with Crippen LogP contribution in [0.4, 0.5) is 5.69 Å². The molecule has 0 radical (unpaired) electrons. The maximum atomic E-state index is 12.0. The highest BCUT2D eigenvalue weighted by Gasteiger charge is 2.21. The molecule has 2 aromatic carbocycles. The lowest BCUT2D eigenvalue weighted by Gasteiger charge is -2.14. The van der Waals surface area contributed by atoms with E-state index in [2.05, 4.69) is 5.32 Å². The predicted octanol–water partition coefficient (Wildman–Crippen LogP) is 2.89. The van der Waals surface area contributed by atoms with Crippen LogP contribution in [0.2, 0.25) is 0 Å². The molecule has 0 saturated heterocycles. The summed E-state index contributed by atoms with van der Waals surface area (Å²) in [4.78, 5) is 23.9. The Labute approximate surface area is 146 Å². The van der Waals surface area contributed by atoms with E-state index in [1.807, 2.05) is 30.3 Å². The van der Waals surface area contributed by atoms with Crippen molar-refractivity contribution in [3.63, 3.8) is 0 Å². The van der Waals surface area contributed by atoms with Crippen molar-refractivity contribution in [2.24, 2.45) is 0 Å². The Morgan fingerprint density at radius 2 is 1.64 bits per heavy atom. The summed E-state index contributed by atoms with van der Waals surface area (Å²) in [6.07, 6.45) is 0. The summed E-state index contributed by atoms with van der Waals surface area (Å²) in [5.41, 5.74) is 1.90. The van der Waals surface area contributed by atoms with Crippen LogP contribution in [0, 0.1) is 0 Å². The second-order valence-electron chi connectivity index (χ2n) is 5.18. The predicted molar refractivity (Wildman–Crippen MR) is 93.7 cm³/mol. The highest BCUT2D eigenvalue weighted by molar-refractivity contribution is 6.07. The lowest BCUT2D eigenvalue weighted by atomic mass is 10.1. The number of anilines is 1. The summed E-state index contributed by atoms with van der Waals surface area (Å²) in [6, 6.07) is 14.7. The van der Waals surface area contributed by atoms with E-state index in [4.69, 9.17) is 14.2 Å². The summed E-state index contributed by atoms with van der Waals surface area (Å²) in [5.74, 6) is -1.20. The topological polar surface area (TPSA) is 73.9 Å². The van der Waals surface area contributed by atoms with Gasteiger partial charge in [0.15, 0.2) is 0 Å². The number of esters is 2. The van der Waals surface area contributed by atoms with E-state index in [9.17, 15) is 9.59 Å². The Morgan fingerprint density at radius 1 is 0.920 bits per heavy atom. The molecule has 0 spiro atoms. The van der Waals surface area contributed by atoms with Gasteiger partial charge in [-0.1, -0.05) is 36.4 Å². The van der Waals surface area contributed by atoms with Crippen LogP contribution >= 0.6 is 0 Å². The molecule has 0 unspecified atom stereocenters. The zero-order chi connectivity index (χ0) is 18.1. The van der Waals surface area contributed by atoms with Gasteiger partial charge in [0.2, 0.25) is 0 Å². The fourth-order valence-corrected chi connectivity index (χ4v) is 2.32. The molecule has 25 heavy (non-hydrogen) atoms. The summed E-state index contributed by atoms with van der Waals surface area (Å²) < 4.78 is 15.1. The van der Waals surface area contributed by atoms with Crippen LogP contribution in [-0.4, -0.2) is 39.3 Å². The number of benzene rings is 2. The first-order valence-electron chi connectivity index (χ1n) is 7.82. The first-order valence-corrected chi connectivity index (χ1v) is 7.82. The largest absolute Gasteiger partial charge is 0.465 e. The van der Waals surface area contributed by atoms with Crippen molar-refractivity contribution in [3.05, 3.63) is 65.2 Å². The van der Waals surface area contributed by atoms with Crippen LogP contribution in [0.1, 0.15) is 26.3 Å². The maximum Gasteiger partial charge on any atom is 0.340 e. The molecule has 1 N–H and O–H groups in total. The van der Waals surface area contributed by atoms with Crippen LogP contribution in [-0.2, 0) is 20.8 Å². The SMILES string of the molecule is COC(=O)c1cccc(NCCOCc2ccccc2)c1C(=O)OC. The zero-order valence-corrected chi connectivity index (χ0v) is 14.3. The number of carbonyl (C=O) groups excluding carboxylic acids is 2. The zero-order valence-electron chi connectivity index (χ0n) is 14.3. The van der Waals surface area contributed by atoms with E-state index in [0.29, 0.717) is 25.4 Å². The molecule has 2 aromatic rings. The van der Waals surface area contributed by atoms with Crippen molar-refractivity contribution in [1.82, 2.24) is 0 Å². The quantitative estimate of drug-likeness (QED) is 0.587. The number of hydrogen-bond donors (Lipinski definition) is 1. The van der Waals surface area contributed by atoms with Gasteiger partial charge in [-0.3, -0.25) is 0 Å². The van der Waals surface area contributed by atoms with Gasteiger partial charge < -0.3 is 19.5 Å². The van der Waals surface area contributed by atoms with E-state index in [1.165, 1.54) is 20.3 Å². The number of rotatable bonds is 8. The molecule has 0 amide bonds. The van der Waals surface area contributed by atoms with Gasteiger partial charge in [0.25, 0.3) is 0 Å². The minimum atomic E-state index is -0.603. The number of carbonyl (C=O) groups is 2. The Balaban J connectivity index is 1.98. The van der Waals surface area contributed by atoms with E-state index >= 15 is 0 Å². The second kappa shape index (κ2) is 9.44. The smallest absolute Gasteiger partial charge is 0.340 e. The fourth-order valence-electron chi connectivity index (χ4n) is 2.32. The molecule has 0 aliphatic heterocycles. The van der Waals surface area contributed by atoms with Gasteiger partial charge in [-0.25, -0.2) is 9.59 Å². The Morgan fingerprint density at radius 3 is 2.32 bits per heavy atom. The van der Waals surface area contributed by atoms with Crippen LogP contribution in [0.25, 0.3) is 0 Å². The maximum absolute atomic E-state index is 12.0. The number of hydrogen-bond acceptors (Lipinski definition) is 6. The molecule has 2 rings (SSSR count). The Kier molecular flexibility index (Phi) is 6.98. The van der Waals surface area contributed by atoms with E-state index in [1.54, 1.807) is 12.1 Å². The Bertz CT molecular complexity index is 715. The molecule has 0 heterocycles. The van der Waals surface area contributed by atoms with E-state index in [0.717, 1.165) is 5.56 Å². The lowest BCUT2D eigenvalue weighted by molar-refractivity contribution is 0.0556. The summed E-state index contributed by atoms with van der Waals surface area (Å²) in [6.45, 7) is 1.42. The average Bonchev–Trinajstić information content (AvgIpc) is 2.67. The monoisotopic (exact) mass is 343 g/mol. The third-order valence-electron chi connectivity index (χ3n) is 3.53. The first kappa shape index (κ1) is 18.5. The molecule has 0 atom stereocenters. The molecule has 132 valence electrons. The Hall–Kier alpha value is -2.86. The minimum absolute atomic E-state index is 0.153. The van der Waals surface area contributed by atoms with Crippen LogP contribution in [0.3, 0.4) is 0 Å². The molecular formula is C19H21NO5. The van der Waals surface area contributed by atoms with Crippen molar-refractivity contribution in [2.45, 2.75) is 6.61 Å². The fraction of sp³-hybridized carbons (Fsp3) is 0.263. The molecule has 6 heteroatoms. The van der Waals surface area contributed by atoms with Gasteiger partial charge in [-0.05, 0) is 17.7 Å². The molecular weight excluding hydrogens is 322 g/mol. The summed E-state index contributed by atoms with van der Waals surface area (Å²) in [5, 5.41) is 3.10. The molecule has 0 aliphatic carbocycles.